The van der Waals surface area contributed by atoms with Crippen molar-refractivity contribution >= 4 is 5.97 Å². The Morgan fingerprint density at radius 3 is 2.19 bits per heavy atom. The number of methoxy groups -OCH3 is 1. The Labute approximate surface area is 126 Å². The Morgan fingerprint density at radius 1 is 1.19 bits per heavy atom. The largest absolute Gasteiger partial charge is 0.463 e. The summed E-state index contributed by atoms with van der Waals surface area (Å²) in [4.78, 5) is 12.0. The summed E-state index contributed by atoms with van der Waals surface area (Å²) in [5, 5.41) is 0. The first-order valence-electron chi connectivity index (χ1n) is 8.27. The van der Waals surface area contributed by atoms with Gasteiger partial charge in [-0.1, -0.05) is 0 Å². The number of ether oxygens (including phenoxy) is 2. The van der Waals surface area contributed by atoms with Crippen LogP contribution in [0.5, 0.6) is 0 Å². The minimum Gasteiger partial charge on any atom is -0.463 e. The second kappa shape index (κ2) is 5.53. The van der Waals surface area contributed by atoms with E-state index >= 15 is 0 Å². The Bertz CT molecular complexity index is 370. The monoisotopic (exact) mass is 298 g/mol. The SMILES string of the molecule is COCCC(C)(F)C(=O)OCC12CC3CC(CC(C3)C1)C2. The molecule has 4 bridgehead atoms. The third-order valence-electron chi connectivity index (χ3n) is 5.88. The maximum atomic E-state index is 14.3. The lowest BCUT2D eigenvalue weighted by Gasteiger charge is -2.56. The van der Waals surface area contributed by atoms with Gasteiger partial charge in [-0.15, -0.1) is 0 Å². The predicted molar refractivity (Wildman–Crippen MR) is 77.6 cm³/mol. The first kappa shape index (κ1) is 15.3. The number of hydrogen-bond donors (Lipinski definition) is 0. The molecule has 1 unspecified atom stereocenters. The molecule has 4 saturated carbocycles. The van der Waals surface area contributed by atoms with E-state index in [1.165, 1.54) is 52.6 Å². The molecule has 21 heavy (non-hydrogen) atoms. The second-order valence-electron chi connectivity index (χ2n) is 7.93. The molecular formula is C17H27FO3. The molecule has 4 aliphatic carbocycles. The summed E-state index contributed by atoms with van der Waals surface area (Å²) < 4.78 is 24.6. The molecule has 0 saturated heterocycles. The van der Waals surface area contributed by atoms with Gasteiger partial charge in [0.15, 0.2) is 0 Å². The quantitative estimate of drug-likeness (QED) is 0.704. The number of hydrogen-bond acceptors (Lipinski definition) is 3. The minimum absolute atomic E-state index is 0.0587. The first-order chi connectivity index (χ1) is 9.92. The van der Waals surface area contributed by atoms with E-state index in [0.29, 0.717) is 6.61 Å². The molecule has 0 spiro atoms. The third kappa shape index (κ3) is 3.10. The van der Waals surface area contributed by atoms with Gasteiger partial charge in [0.2, 0.25) is 5.67 Å². The Balaban J connectivity index is 1.56. The number of carbonyl (C=O) groups excluding carboxylic acids is 1. The Kier molecular flexibility index (Phi) is 4.02. The van der Waals surface area contributed by atoms with Crippen molar-refractivity contribution in [3.63, 3.8) is 0 Å². The number of alkyl halides is 1. The molecule has 120 valence electrons. The normalized spacial score (nSPS) is 40.0. The summed E-state index contributed by atoms with van der Waals surface area (Å²) in [6.45, 7) is 1.95. The summed E-state index contributed by atoms with van der Waals surface area (Å²) in [5.41, 5.74) is -1.78. The molecule has 0 heterocycles. The first-order valence-corrected chi connectivity index (χ1v) is 8.27. The fraction of sp³-hybridized carbons (Fsp3) is 0.941. The summed E-state index contributed by atoms with van der Waals surface area (Å²) >= 11 is 0. The number of halogens is 1. The highest BCUT2D eigenvalue weighted by atomic mass is 19.1. The van der Waals surface area contributed by atoms with Crippen LogP contribution in [0.25, 0.3) is 0 Å². The van der Waals surface area contributed by atoms with Crippen molar-refractivity contribution in [3.8, 4) is 0 Å². The fourth-order valence-electron chi connectivity index (χ4n) is 5.23. The molecule has 4 rings (SSSR count). The molecule has 0 N–H and O–H groups in total. The van der Waals surface area contributed by atoms with Crippen molar-refractivity contribution in [2.24, 2.45) is 23.2 Å². The van der Waals surface area contributed by atoms with E-state index in [-0.39, 0.29) is 18.4 Å². The molecule has 1 atom stereocenters. The maximum Gasteiger partial charge on any atom is 0.343 e. The van der Waals surface area contributed by atoms with Crippen molar-refractivity contribution in [2.75, 3.05) is 20.3 Å². The van der Waals surface area contributed by atoms with Gasteiger partial charge in [-0.3, -0.25) is 0 Å². The summed E-state index contributed by atoms with van der Waals surface area (Å²) in [6, 6.07) is 0. The summed E-state index contributed by atoms with van der Waals surface area (Å²) in [5.74, 6) is 1.75. The van der Waals surface area contributed by atoms with Crippen molar-refractivity contribution in [1.82, 2.24) is 0 Å². The van der Waals surface area contributed by atoms with E-state index in [2.05, 4.69) is 0 Å². The molecule has 0 aromatic rings. The van der Waals surface area contributed by atoms with E-state index in [1.807, 2.05) is 0 Å². The average Bonchev–Trinajstić information content (AvgIpc) is 2.41. The van der Waals surface area contributed by atoms with Gasteiger partial charge in [-0.2, -0.15) is 0 Å². The maximum absolute atomic E-state index is 14.3. The number of esters is 1. The van der Waals surface area contributed by atoms with Crippen LogP contribution >= 0.6 is 0 Å². The molecule has 0 radical (unpaired) electrons. The topological polar surface area (TPSA) is 35.5 Å². The van der Waals surface area contributed by atoms with Crippen LogP contribution in [0.2, 0.25) is 0 Å². The van der Waals surface area contributed by atoms with E-state index < -0.39 is 11.6 Å². The minimum atomic E-state index is -1.93. The van der Waals surface area contributed by atoms with Gasteiger partial charge >= 0.3 is 5.97 Å². The van der Waals surface area contributed by atoms with Gasteiger partial charge < -0.3 is 9.47 Å². The van der Waals surface area contributed by atoms with E-state index in [0.717, 1.165) is 17.8 Å². The highest BCUT2D eigenvalue weighted by molar-refractivity contribution is 5.78. The molecule has 0 aromatic heterocycles. The van der Waals surface area contributed by atoms with Crippen LogP contribution in [0, 0.1) is 23.2 Å². The van der Waals surface area contributed by atoms with Gasteiger partial charge in [0.05, 0.1) is 6.61 Å². The molecule has 0 aromatic carbocycles. The molecule has 4 fully saturated rings. The molecule has 3 nitrogen and oxygen atoms in total. The molecule has 4 aliphatic rings. The number of rotatable bonds is 6. The van der Waals surface area contributed by atoms with Crippen LogP contribution in [0.3, 0.4) is 0 Å². The van der Waals surface area contributed by atoms with Gasteiger partial charge in [0.1, 0.15) is 0 Å². The van der Waals surface area contributed by atoms with Crippen molar-refractivity contribution in [1.29, 1.82) is 0 Å². The van der Waals surface area contributed by atoms with Crippen molar-refractivity contribution in [3.05, 3.63) is 0 Å². The van der Waals surface area contributed by atoms with Crippen LogP contribution < -0.4 is 0 Å². The third-order valence-corrected chi connectivity index (χ3v) is 5.88. The van der Waals surface area contributed by atoms with Gasteiger partial charge in [0, 0.05) is 25.6 Å². The zero-order valence-electron chi connectivity index (χ0n) is 13.2. The molecule has 0 amide bonds. The molecule has 4 heteroatoms. The highest BCUT2D eigenvalue weighted by Crippen LogP contribution is 2.60. The molecule has 0 aliphatic heterocycles. The van der Waals surface area contributed by atoms with E-state index in [9.17, 15) is 9.18 Å². The van der Waals surface area contributed by atoms with Gasteiger partial charge in [0.25, 0.3) is 0 Å². The Morgan fingerprint density at radius 2 is 1.71 bits per heavy atom. The predicted octanol–water partition coefficient (Wildman–Crippen LogP) is 3.51. The summed E-state index contributed by atoms with van der Waals surface area (Å²) in [6.07, 6.45) is 7.67. The van der Waals surface area contributed by atoms with Crippen molar-refractivity contribution < 1.29 is 18.7 Å². The fourth-order valence-corrected chi connectivity index (χ4v) is 5.23. The Hall–Kier alpha value is -0.640. The number of carbonyl (C=O) groups is 1. The van der Waals surface area contributed by atoms with Crippen LogP contribution in [0.15, 0.2) is 0 Å². The van der Waals surface area contributed by atoms with Gasteiger partial charge in [-0.05, 0) is 63.2 Å². The standard InChI is InChI=1S/C17H27FO3/c1-16(18,3-4-20-2)15(19)21-11-17-8-12-5-13(9-17)7-14(6-12)10-17/h12-14H,3-11H2,1-2H3. The zero-order chi connectivity index (χ0) is 15.1. The van der Waals surface area contributed by atoms with E-state index in [4.69, 9.17) is 9.47 Å². The summed E-state index contributed by atoms with van der Waals surface area (Å²) in [7, 11) is 1.51. The lowest BCUT2D eigenvalue weighted by atomic mass is 9.50. The van der Waals surface area contributed by atoms with Crippen LogP contribution in [-0.2, 0) is 14.3 Å². The van der Waals surface area contributed by atoms with E-state index in [1.54, 1.807) is 0 Å². The van der Waals surface area contributed by atoms with Gasteiger partial charge in [-0.25, -0.2) is 9.18 Å². The highest BCUT2D eigenvalue weighted by Gasteiger charge is 2.51. The van der Waals surface area contributed by atoms with Crippen molar-refractivity contribution in [2.45, 2.75) is 57.5 Å². The lowest BCUT2D eigenvalue weighted by Crippen LogP contribution is -2.49. The second-order valence-corrected chi connectivity index (χ2v) is 7.93. The van der Waals surface area contributed by atoms with Crippen LogP contribution in [0.1, 0.15) is 51.9 Å². The molecular weight excluding hydrogens is 271 g/mol. The zero-order valence-corrected chi connectivity index (χ0v) is 13.2. The smallest absolute Gasteiger partial charge is 0.343 e. The lowest BCUT2D eigenvalue weighted by molar-refractivity contribution is -0.168. The van der Waals surface area contributed by atoms with Crippen LogP contribution in [0.4, 0.5) is 4.39 Å². The van der Waals surface area contributed by atoms with Crippen LogP contribution in [-0.4, -0.2) is 32.0 Å². The average molecular weight is 298 g/mol.